The zero-order valence-electron chi connectivity index (χ0n) is 15.8. The fourth-order valence-electron chi connectivity index (χ4n) is 3.39. The van der Waals surface area contributed by atoms with Crippen LogP contribution in [0.15, 0.2) is 53.4 Å². The SMILES string of the molecule is CC(=O)N1CCc2ccc(S(=O)(=O)NCC(C)Cc3ccccc3)cc2C1. The Morgan fingerprint density at radius 1 is 1.15 bits per heavy atom. The van der Waals surface area contributed by atoms with Gasteiger partial charge in [-0.15, -0.1) is 0 Å². The van der Waals surface area contributed by atoms with Gasteiger partial charge >= 0.3 is 0 Å². The van der Waals surface area contributed by atoms with Gasteiger partial charge in [-0.2, -0.15) is 0 Å². The second-order valence-corrected chi connectivity index (χ2v) is 9.03. The Balaban J connectivity index is 1.66. The summed E-state index contributed by atoms with van der Waals surface area (Å²) in [5.74, 6) is 0.203. The number of benzene rings is 2. The third-order valence-electron chi connectivity index (χ3n) is 4.99. The molecule has 1 atom stereocenters. The molecule has 1 N–H and O–H groups in total. The zero-order valence-corrected chi connectivity index (χ0v) is 16.6. The van der Waals surface area contributed by atoms with Gasteiger partial charge in [-0.05, 0) is 47.6 Å². The van der Waals surface area contributed by atoms with Crippen LogP contribution in [-0.4, -0.2) is 32.3 Å². The first-order valence-corrected chi connectivity index (χ1v) is 10.7. The molecule has 0 saturated carbocycles. The molecule has 5 nitrogen and oxygen atoms in total. The minimum atomic E-state index is -3.57. The van der Waals surface area contributed by atoms with Gasteiger partial charge in [-0.1, -0.05) is 43.3 Å². The molecule has 27 heavy (non-hydrogen) atoms. The maximum absolute atomic E-state index is 12.7. The van der Waals surface area contributed by atoms with Gasteiger partial charge in [0.25, 0.3) is 0 Å². The van der Waals surface area contributed by atoms with Crippen molar-refractivity contribution >= 4 is 15.9 Å². The average Bonchev–Trinajstić information content (AvgIpc) is 2.66. The van der Waals surface area contributed by atoms with Gasteiger partial charge in [0.1, 0.15) is 0 Å². The molecule has 0 radical (unpaired) electrons. The average molecular weight is 387 g/mol. The van der Waals surface area contributed by atoms with Crippen LogP contribution in [-0.2, 0) is 34.2 Å². The molecular weight excluding hydrogens is 360 g/mol. The summed E-state index contributed by atoms with van der Waals surface area (Å²) in [6.45, 7) is 5.12. The molecule has 0 bridgehead atoms. The van der Waals surface area contributed by atoms with Crippen molar-refractivity contribution in [3.05, 3.63) is 65.2 Å². The van der Waals surface area contributed by atoms with Crippen molar-refractivity contribution in [2.75, 3.05) is 13.1 Å². The first kappa shape index (κ1) is 19.6. The smallest absolute Gasteiger partial charge is 0.240 e. The lowest BCUT2D eigenvalue weighted by molar-refractivity contribution is -0.129. The zero-order chi connectivity index (χ0) is 19.4. The minimum absolute atomic E-state index is 0.0155. The van der Waals surface area contributed by atoms with Crippen LogP contribution in [0.3, 0.4) is 0 Å². The molecule has 0 fully saturated rings. The lowest BCUT2D eigenvalue weighted by atomic mass is 10.00. The first-order chi connectivity index (χ1) is 12.8. The Kier molecular flexibility index (Phi) is 5.97. The van der Waals surface area contributed by atoms with Gasteiger partial charge in [-0.25, -0.2) is 13.1 Å². The van der Waals surface area contributed by atoms with Crippen molar-refractivity contribution in [2.45, 2.75) is 38.1 Å². The van der Waals surface area contributed by atoms with E-state index in [2.05, 4.69) is 16.9 Å². The minimum Gasteiger partial charge on any atom is -0.338 e. The van der Waals surface area contributed by atoms with Crippen LogP contribution < -0.4 is 4.72 Å². The highest BCUT2D eigenvalue weighted by Gasteiger charge is 2.22. The molecule has 0 aromatic heterocycles. The number of nitrogens with one attached hydrogen (secondary N) is 1. The van der Waals surface area contributed by atoms with Gasteiger partial charge < -0.3 is 4.90 Å². The molecule has 1 heterocycles. The molecule has 3 rings (SSSR count). The number of hydrogen-bond donors (Lipinski definition) is 1. The predicted octanol–water partition coefficient (Wildman–Crippen LogP) is 2.75. The Morgan fingerprint density at radius 3 is 2.59 bits per heavy atom. The van der Waals surface area contributed by atoms with Crippen LogP contribution >= 0.6 is 0 Å². The highest BCUT2D eigenvalue weighted by molar-refractivity contribution is 7.89. The van der Waals surface area contributed by atoms with E-state index in [1.807, 2.05) is 31.2 Å². The van der Waals surface area contributed by atoms with Crippen LogP contribution in [0.2, 0.25) is 0 Å². The van der Waals surface area contributed by atoms with Crippen molar-refractivity contribution in [1.82, 2.24) is 9.62 Å². The van der Waals surface area contributed by atoms with Crippen molar-refractivity contribution in [1.29, 1.82) is 0 Å². The van der Waals surface area contributed by atoms with Crippen LogP contribution in [0.1, 0.15) is 30.5 Å². The standard InChI is InChI=1S/C21H26N2O3S/c1-16(12-18-6-4-3-5-7-18)14-22-27(25,26)21-9-8-19-10-11-23(17(2)24)15-20(19)13-21/h3-9,13,16,22H,10-12,14-15H2,1-2H3. The van der Waals surface area contributed by atoms with E-state index in [0.717, 1.165) is 24.0 Å². The number of sulfonamides is 1. The number of carbonyl (C=O) groups excluding carboxylic acids is 1. The van der Waals surface area contributed by atoms with E-state index in [0.29, 0.717) is 19.6 Å². The van der Waals surface area contributed by atoms with Gasteiger partial charge in [0.2, 0.25) is 15.9 Å². The first-order valence-electron chi connectivity index (χ1n) is 9.26. The lowest BCUT2D eigenvalue weighted by Crippen LogP contribution is -2.34. The Hall–Kier alpha value is -2.18. The second kappa shape index (κ2) is 8.23. The Morgan fingerprint density at radius 2 is 1.89 bits per heavy atom. The summed E-state index contributed by atoms with van der Waals surface area (Å²) in [5, 5.41) is 0. The summed E-state index contributed by atoms with van der Waals surface area (Å²) in [5.41, 5.74) is 3.22. The number of rotatable bonds is 6. The molecule has 0 saturated heterocycles. The van der Waals surface area contributed by atoms with Gasteiger partial charge in [0.15, 0.2) is 0 Å². The van der Waals surface area contributed by atoms with Crippen LogP contribution in [0.25, 0.3) is 0 Å². The van der Waals surface area contributed by atoms with Crippen molar-refractivity contribution in [3.63, 3.8) is 0 Å². The highest BCUT2D eigenvalue weighted by Crippen LogP contribution is 2.23. The largest absolute Gasteiger partial charge is 0.338 e. The van der Waals surface area contributed by atoms with Crippen molar-refractivity contribution < 1.29 is 13.2 Å². The monoisotopic (exact) mass is 386 g/mol. The summed E-state index contributed by atoms with van der Waals surface area (Å²) in [4.78, 5) is 13.6. The normalized spacial score (nSPS) is 15.3. The fraction of sp³-hybridized carbons (Fsp3) is 0.381. The molecule has 1 aliphatic rings. The summed E-state index contributed by atoms with van der Waals surface area (Å²) < 4.78 is 28.1. The molecule has 1 amide bonds. The lowest BCUT2D eigenvalue weighted by Gasteiger charge is -2.28. The van der Waals surface area contributed by atoms with E-state index >= 15 is 0 Å². The summed E-state index contributed by atoms with van der Waals surface area (Å²) in [6, 6.07) is 15.3. The molecule has 0 spiro atoms. The highest BCUT2D eigenvalue weighted by atomic mass is 32.2. The Bertz CT molecular complexity index is 910. The number of carbonyl (C=O) groups is 1. The van der Waals surface area contributed by atoms with E-state index in [1.165, 1.54) is 5.56 Å². The quantitative estimate of drug-likeness (QED) is 0.830. The van der Waals surface area contributed by atoms with Crippen molar-refractivity contribution in [3.8, 4) is 0 Å². The second-order valence-electron chi connectivity index (χ2n) is 7.27. The predicted molar refractivity (Wildman–Crippen MR) is 106 cm³/mol. The van der Waals surface area contributed by atoms with Gasteiger partial charge in [-0.3, -0.25) is 4.79 Å². The van der Waals surface area contributed by atoms with Crippen LogP contribution in [0.5, 0.6) is 0 Å². The number of amides is 1. The van der Waals surface area contributed by atoms with Crippen LogP contribution in [0.4, 0.5) is 0 Å². The topological polar surface area (TPSA) is 66.5 Å². The molecule has 2 aromatic rings. The maximum atomic E-state index is 12.7. The molecule has 144 valence electrons. The maximum Gasteiger partial charge on any atom is 0.240 e. The molecule has 6 heteroatoms. The summed E-state index contributed by atoms with van der Waals surface area (Å²) in [6.07, 6.45) is 1.58. The van der Waals surface area contributed by atoms with Gasteiger partial charge in [0, 0.05) is 26.6 Å². The van der Waals surface area contributed by atoms with Crippen molar-refractivity contribution in [2.24, 2.45) is 5.92 Å². The number of nitrogens with zero attached hydrogens (tertiary/aromatic N) is 1. The summed E-state index contributed by atoms with van der Waals surface area (Å²) >= 11 is 0. The Labute approximate surface area is 161 Å². The van der Waals surface area contributed by atoms with E-state index < -0.39 is 10.0 Å². The molecule has 2 aromatic carbocycles. The molecular formula is C21H26N2O3S. The van der Waals surface area contributed by atoms with E-state index in [-0.39, 0.29) is 16.7 Å². The summed E-state index contributed by atoms with van der Waals surface area (Å²) in [7, 11) is -3.57. The molecule has 1 aliphatic heterocycles. The van der Waals surface area contributed by atoms with Crippen LogP contribution in [0, 0.1) is 5.92 Å². The molecule has 1 unspecified atom stereocenters. The van der Waals surface area contributed by atoms with E-state index in [1.54, 1.807) is 24.0 Å². The number of hydrogen-bond acceptors (Lipinski definition) is 3. The van der Waals surface area contributed by atoms with E-state index in [9.17, 15) is 13.2 Å². The third kappa shape index (κ3) is 4.96. The fourth-order valence-corrected chi connectivity index (χ4v) is 4.61. The van der Waals surface area contributed by atoms with E-state index in [4.69, 9.17) is 0 Å². The number of fused-ring (bicyclic) bond motifs is 1. The van der Waals surface area contributed by atoms with Gasteiger partial charge in [0.05, 0.1) is 4.90 Å². The third-order valence-corrected chi connectivity index (χ3v) is 6.42. The molecule has 0 aliphatic carbocycles.